The van der Waals surface area contributed by atoms with Crippen LogP contribution in [0.25, 0.3) is 10.9 Å². The highest BCUT2D eigenvalue weighted by atomic mass is 127. The molecule has 7 nitrogen and oxygen atoms in total. The fourth-order valence-electron chi connectivity index (χ4n) is 3.80. The second-order valence-corrected chi connectivity index (χ2v) is 7.86. The summed E-state index contributed by atoms with van der Waals surface area (Å²) in [6, 6.07) is 10.5. The molecule has 8 heteroatoms. The van der Waals surface area contributed by atoms with Crippen LogP contribution in [0.5, 0.6) is 0 Å². The summed E-state index contributed by atoms with van der Waals surface area (Å²) < 4.78 is 11.1. The fraction of sp³-hybridized carbons (Fsp3) is 0.565. The summed E-state index contributed by atoms with van der Waals surface area (Å²) in [5.41, 5.74) is 2.24. The topological polar surface area (TPSA) is 62.2 Å². The van der Waals surface area contributed by atoms with Crippen LogP contribution in [-0.4, -0.2) is 76.5 Å². The highest BCUT2D eigenvalue weighted by Gasteiger charge is 2.22. The molecule has 1 aromatic carbocycles. The van der Waals surface area contributed by atoms with Gasteiger partial charge in [0.05, 0.1) is 11.6 Å². The number of hydrogen-bond donors (Lipinski definition) is 1. The van der Waals surface area contributed by atoms with Gasteiger partial charge in [0, 0.05) is 66.5 Å². The van der Waals surface area contributed by atoms with E-state index >= 15 is 0 Å². The number of ether oxygens (including phenoxy) is 2. The minimum absolute atomic E-state index is 0. The Morgan fingerprint density at radius 1 is 1.23 bits per heavy atom. The number of rotatable bonds is 8. The van der Waals surface area contributed by atoms with E-state index in [1.165, 1.54) is 10.9 Å². The molecular formula is C23H36IN5O2. The summed E-state index contributed by atoms with van der Waals surface area (Å²) in [5.74, 6) is 1.91. The Kier molecular flexibility index (Phi) is 10.8. The van der Waals surface area contributed by atoms with E-state index < -0.39 is 0 Å². The van der Waals surface area contributed by atoms with Gasteiger partial charge in [-0.2, -0.15) is 0 Å². The number of nitrogens with one attached hydrogen (secondary N) is 1. The van der Waals surface area contributed by atoms with Crippen molar-refractivity contribution in [2.45, 2.75) is 31.9 Å². The zero-order chi connectivity index (χ0) is 21.3. The number of fused-ring (bicyclic) bond motifs is 1. The van der Waals surface area contributed by atoms with Gasteiger partial charge in [0.1, 0.15) is 5.82 Å². The van der Waals surface area contributed by atoms with Crippen molar-refractivity contribution in [1.29, 1.82) is 0 Å². The standard InChI is InChI=1S/C23H35N5O2.HI/c1-24-23(28-12-10-19(11-13-28)30-15-7-14-29-4)25-17-18-16-22(27(2)3)26-21-9-6-5-8-20(18)21;/h5-6,8-9,16,19H,7,10-15,17H2,1-4H3,(H,24,25);1H. The maximum atomic E-state index is 5.98. The van der Waals surface area contributed by atoms with Crippen LogP contribution in [0.2, 0.25) is 0 Å². The van der Waals surface area contributed by atoms with E-state index in [1.807, 2.05) is 32.1 Å². The second kappa shape index (κ2) is 13.0. The Hall–Kier alpha value is -1.65. The zero-order valence-corrected chi connectivity index (χ0v) is 21.5. The van der Waals surface area contributed by atoms with Crippen molar-refractivity contribution in [2.75, 3.05) is 59.5 Å². The highest BCUT2D eigenvalue weighted by molar-refractivity contribution is 14.0. The molecule has 172 valence electrons. The van der Waals surface area contributed by atoms with Crippen LogP contribution in [0.4, 0.5) is 5.82 Å². The largest absolute Gasteiger partial charge is 0.385 e. The van der Waals surface area contributed by atoms with Gasteiger partial charge >= 0.3 is 0 Å². The lowest BCUT2D eigenvalue weighted by Crippen LogP contribution is -2.46. The molecule has 0 spiro atoms. The summed E-state index contributed by atoms with van der Waals surface area (Å²) in [6.45, 7) is 4.15. The number of guanidine groups is 1. The number of aliphatic imine (C=N–C) groups is 1. The summed E-state index contributed by atoms with van der Waals surface area (Å²) in [7, 11) is 7.63. The first-order chi connectivity index (χ1) is 14.6. The molecule has 1 aromatic heterocycles. The molecule has 1 fully saturated rings. The molecule has 0 saturated carbocycles. The minimum atomic E-state index is 0. The van der Waals surface area contributed by atoms with Crippen molar-refractivity contribution >= 4 is 46.7 Å². The molecule has 0 aliphatic carbocycles. The molecule has 0 atom stereocenters. The average Bonchev–Trinajstić information content (AvgIpc) is 2.77. The third kappa shape index (κ3) is 7.18. The van der Waals surface area contributed by atoms with Crippen molar-refractivity contribution < 1.29 is 9.47 Å². The molecule has 1 saturated heterocycles. The highest BCUT2D eigenvalue weighted by Crippen LogP contribution is 2.22. The number of methoxy groups -OCH3 is 1. The number of benzene rings is 1. The lowest BCUT2D eigenvalue weighted by Gasteiger charge is -2.34. The maximum Gasteiger partial charge on any atom is 0.193 e. The van der Waals surface area contributed by atoms with E-state index in [9.17, 15) is 0 Å². The van der Waals surface area contributed by atoms with Gasteiger partial charge in [0.15, 0.2) is 5.96 Å². The molecule has 2 heterocycles. The van der Waals surface area contributed by atoms with E-state index in [1.54, 1.807) is 7.11 Å². The van der Waals surface area contributed by atoms with Gasteiger partial charge in [-0.05, 0) is 37.0 Å². The van der Waals surface area contributed by atoms with E-state index in [4.69, 9.17) is 14.5 Å². The second-order valence-electron chi connectivity index (χ2n) is 7.86. The number of pyridine rings is 1. The van der Waals surface area contributed by atoms with Gasteiger partial charge in [-0.3, -0.25) is 4.99 Å². The number of nitrogens with zero attached hydrogens (tertiary/aromatic N) is 4. The number of hydrogen-bond acceptors (Lipinski definition) is 5. The van der Waals surface area contributed by atoms with Crippen LogP contribution in [0.1, 0.15) is 24.8 Å². The third-order valence-corrected chi connectivity index (χ3v) is 5.48. The van der Waals surface area contributed by atoms with E-state index in [2.05, 4.69) is 39.5 Å². The molecule has 31 heavy (non-hydrogen) atoms. The maximum absolute atomic E-state index is 5.98. The predicted octanol–water partition coefficient (Wildman–Crippen LogP) is 3.51. The van der Waals surface area contributed by atoms with Gasteiger partial charge in [-0.15, -0.1) is 24.0 Å². The summed E-state index contributed by atoms with van der Waals surface area (Å²) in [6.07, 6.45) is 3.34. The van der Waals surface area contributed by atoms with E-state index in [0.717, 1.165) is 62.9 Å². The lowest BCUT2D eigenvalue weighted by atomic mass is 10.1. The summed E-state index contributed by atoms with van der Waals surface area (Å²) in [5, 5.41) is 4.74. The number of aromatic nitrogens is 1. The molecule has 2 aromatic rings. The van der Waals surface area contributed by atoms with Crippen molar-refractivity contribution in [3.05, 3.63) is 35.9 Å². The quantitative estimate of drug-likeness (QED) is 0.239. The number of anilines is 1. The van der Waals surface area contributed by atoms with Gasteiger partial charge < -0.3 is 24.6 Å². The molecular weight excluding hydrogens is 505 g/mol. The van der Waals surface area contributed by atoms with Crippen LogP contribution in [-0.2, 0) is 16.0 Å². The minimum Gasteiger partial charge on any atom is -0.385 e. The molecule has 0 unspecified atom stereocenters. The molecule has 1 N–H and O–H groups in total. The van der Waals surface area contributed by atoms with Crippen molar-refractivity contribution in [2.24, 2.45) is 4.99 Å². The number of para-hydroxylation sites is 1. The molecule has 0 radical (unpaired) electrons. The Morgan fingerprint density at radius 3 is 2.65 bits per heavy atom. The normalized spacial score (nSPS) is 15.1. The van der Waals surface area contributed by atoms with Crippen LogP contribution in [0.15, 0.2) is 35.3 Å². The predicted molar refractivity (Wildman–Crippen MR) is 139 cm³/mol. The van der Waals surface area contributed by atoms with Gasteiger partial charge in [-0.25, -0.2) is 4.98 Å². The third-order valence-electron chi connectivity index (χ3n) is 5.48. The van der Waals surface area contributed by atoms with Crippen LogP contribution in [0.3, 0.4) is 0 Å². The monoisotopic (exact) mass is 541 g/mol. The van der Waals surface area contributed by atoms with Crippen LogP contribution in [0, 0.1) is 0 Å². The first-order valence-electron chi connectivity index (χ1n) is 10.7. The van der Waals surface area contributed by atoms with E-state index in [0.29, 0.717) is 12.6 Å². The summed E-state index contributed by atoms with van der Waals surface area (Å²) in [4.78, 5) is 13.6. The SMILES string of the molecule is CN=C(NCc1cc(N(C)C)nc2ccccc12)N1CCC(OCCCOC)CC1.I. The van der Waals surface area contributed by atoms with E-state index in [-0.39, 0.29) is 24.0 Å². The Balaban J connectivity index is 0.00000341. The smallest absolute Gasteiger partial charge is 0.193 e. The van der Waals surface area contributed by atoms with Gasteiger partial charge in [0.25, 0.3) is 0 Å². The zero-order valence-electron chi connectivity index (χ0n) is 19.1. The van der Waals surface area contributed by atoms with Crippen LogP contribution < -0.4 is 10.2 Å². The van der Waals surface area contributed by atoms with Gasteiger partial charge in [-0.1, -0.05) is 18.2 Å². The Labute approximate surface area is 203 Å². The first-order valence-corrected chi connectivity index (χ1v) is 10.7. The average molecular weight is 541 g/mol. The Bertz CT molecular complexity index is 838. The molecule has 3 rings (SSSR count). The lowest BCUT2D eigenvalue weighted by molar-refractivity contribution is 0.00990. The molecule has 0 amide bonds. The summed E-state index contributed by atoms with van der Waals surface area (Å²) >= 11 is 0. The fourth-order valence-corrected chi connectivity index (χ4v) is 3.80. The molecule has 1 aliphatic rings. The van der Waals surface area contributed by atoms with Gasteiger partial charge in [0.2, 0.25) is 0 Å². The Morgan fingerprint density at radius 2 is 1.97 bits per heavy atom. The van der Waals surface area contributed by atoms with Crippen molar-refractivity contribution in [1.82, 2.24) is 15.2 Å². The van der Waals surface area contributed by atoms with Crippen molar-refractivity contribution in [3.63, 3.8) is 0 Å². The van der Waals surface area contributed by atoms with Crippen LogP contribution >= 0.6 is 24.0 Å². The molecule has 1 aliphatic heterocycles. The number of piperidine rings is 1. The molecule has 0 bridgehead atoms. The van der Waals surface area contributed by atoms with Crippen molar-refractivity contribution in [3.8, 4) is 0 Å². The first kappa shape index (κ1) is 25.6. The number of likely N-dealkylation sites (tertiary alicyclic amines) is 1. The number of halogens is 1.